The molecule has 8 atom stereocenters. The van der Waals surface area contributed by atoms with E-state index < -0.39 is 10.1 Å². The summed E-state index contributed by atoms with van der Waals surface area (Å²) in [6.07, 6.45) is 15.8. The summed E-state index contributed by atoms with van der Waals surface area (Å²) in [6.45, 7) is 14.4. The Kier molecular flexibility index (Phi) is 7.99. The minimum absolute atomic E-state index is 0.207. The van der Waals surface area contributed by atoms with Crippen LogP contribution in [0.2, 0.25) is 0 Å². The number of allylic oxidation sites excluding steroid dienone is 1. The Labute approximate surface area is 233 Å². The first kappa shape index (κ1) is 28.4. The second-order valence-corrected chi connectivity index (χ2v) is 16.1. The zero-order chi connectivity index (χ0) is 27.3. The zero-order valence-corrected chi connectivity index (χ0v) is 25.7. The van der Waals surface area contributed by atoms with Gasteiger partial charge in [0, 0.05) is 0 Å². The fourth-order valence-corrected chi connectivity index (χ4v) is 10.8. The third kappa shape index (κ3) is 5.18. The van der Waals surface area contributed by atoms with Crippen molar-refractivity contribution in [2.24, 2.45) is 46.3 Å². The van der Waals surface area contributed by atoms with Crippen LogP contribution >= 0.6 is 0 Å². The topological polar surface area (TPSA) is 43.4 Å². The molecule has 4 aliphatic carbocycles. The fraction of sp³-hybridized carbons (Fsp3) is 0.765. The van der Waals surface area contributed by atoms with Gasteiger partial charge in [0.2, 0.25) is 0 Å². The van der Waals surface area contributed by atoms with Crippen LogP contribution in [-0.4, -0.2) is 14.5 Å². The minimum Gasteiger partial charge on any atom is -0.263 e. The SMILES string of the molecule is Cc1ccc(S(=O)(=O)OC2CC[C@@]3(C)C(=CCC4C5CCC(C(C)CCCC(C)C)[C@@]5(C)CCC43)C2)cc1. The lowest BCUT2D eigenvalue weighted by molar-refractivity contribution is -0.0556. The van der Waals surface area contributed by atoms with Crippen LogP contribution in [0.3, 0.4) is 0 Å². The van der Waals surface area contributed by atoms with Crippen molar-refractivity contribution in [2.45, 2.75) is 123 Å². The molecule has 3 fully saturated rings. The molecular formula is C34H52O3S. The summed E-state index contributed by atoms with van der Waals surface area (Å²) in [5, 5.41) is 0. The molecule has 0 bridgehead atoms. The Hall–Kier alpha value is -1.13. The number of hydrogen-bond donors (Lipinski definition) is 0. The smallest absolute Gasteiger partial charge is 0.263 e. The molecule has 6 unspecified atom stereocenters. The van der Waals surface area contributed by atoms with Crippen molar-refractivity contribution in [2.75, 3.05) is 0 Å². The van der Waals surface area contributed by atoms with Crippen LogP contribution in [0, 0.1) is 53.3 Å². The standard InChI is InChI=1S/C34H52O3S/c1-23(2)8-7-9-25(4)30-16-17-31-29-15-12-26-22-27(37-38(35,36)28-13-10-24(3)11-14-28)18-20-33(26,5)32(29)19-21-34(30,31)6/h10-14,23,25,27,29-32H,7-9,15-22H2,1-6H3/t25?,27?,29?,30?,31?,32?,33-,34+/m0/s1. The molecule has 0 heterocycles. The second-order valence-electron chi connectivity index (χ2n) is 14.5. The molecule has 1 aromatic carbocycles. The van der Waals surface area contributed by atoms with Crippen molar-refractivity contribution >= 4 is 10.1 Å². The molecule has 0 aromatic heterocycles. The molecule has 4 aliphatic rings. The lowest BCUT2D eigenvalue weighted by Crippen LogP contribution is -2.51. The summed E-state index contributed by atoms with van der Waals surface area (Å²) in [7, 11) is -3.73. The number of hydrogen-bond acceptors (Lipinski definition) is 3. The van der Waals surface area contributed by atoms with E-state index in [9.17, 15) is 8.42 Å². The summed E-state index contributed by atoms with van der Waals surface area (Å²) in [4.78, 5) is 0.273. The van der Waals surface area contributed by atoms with E-state index in [1.807, 2.05) is 19.1 Å². The minimum atomic E-state index is -3.73. The number of benzene rings is 1. The molecule has 38 heavy (non-hydrogen) atoms. The maximum Gasteiger partial charge on any atom is 0.297 e. The van der Waals surface area contributed by atoms with Gasteiger partial charge in [0.15, 0.2) is 0 Å². The molecule has 0 spiro atoms. The van der Waals surface area contributed by atoms with Crippen LogP contribution in [0.25, 0.3) is 0 Å². The lowest BCUT2D eigenvalue weighted by Gasteiger charge is -2.58. The van der Waals surface area contributed by atoms with Crippen molar-refractivity contribution in [1.29, 1.82) is 0 Å². The molecule has 212 valence electrons. The first-order valence-corrected chi connectivity index (χ1v) is 17.0. The number of fused-ring (bicyclic) bond motifs is 5. The predicted octanol–water partition coefficient (Wildman–Crippen LogP) is 9.11. The molecule has 0 amide bonds. The third-order valence-electron chi connectivity index (χ3n) is 11.8. The van der Waals surface area contributed by atoms with Gasteiger partial charge in [0.05, 0.1) is 11.0 Å². The van der Waals surface area contributed by atoms with E-state index in [2.05, 4.69) is 40.7 Å². The molecule has 5 rings (SSSR count). The van der Waals surface area contributed by atoms with Gasteiger partial charge in [-0.15, -0.1) is 0 Å². The molecule has 0 radical (unpaired) electrons. The molecule has 3 saturated carbocycles. The highest BCUT2D eigenvalue weighted by molar-refractivity contribution is 7.86. The Morgan fingerprint density at radius 3 is 2.39 bits per heavy atom. The first-order chi connectivity index (χ1) is 17.9. The van der Waals surface area contributed by atoms with Crippen LogP contribution < -0.4 is 0 Å². The van der Waals surface area contributed by atoms with Crippen molar-refractivity contribution in [3.8, 4) is 0 Å². The molecule has 0 aliphatic heterocycles. The first-order valence-electron chi connectivity index (χ1n) is 15.6. The van der Waals surface area contributed by atoms with Gasteiger partial charge in [-0.3, -0.25) is 4.18 Å². The molecule has 4 heteroatoms. The van der Waals surface area contributed by atoms with Gasteiger partial charge < -0.3 is 0 Å². The normalized spacial score (nSPS) is 37.8. The van der Waals surface area contributed by atoms with Gasteiger partial charge in [-0.05, 0) is 117 Å². The number of rotatable bonds is 8. The molecule has 3 nitrogen and oxygen atoms in total. The summed E-state index contributed by atoms with van der Waals surface area (Å²) in [5.74, 6) is 4.93. The molecule has 1 aromatic rings. The highest BCUT2D eigenvalue weighted by Crippen LogP contribution is 2.67. The summed E-state index contributed by atoms with van der Waals surface area (Å²) in [6, 6.07) is 7.02. The van der Waals surface area contributed by atoms with Crippen molar-refractivity contribution < 1.29 is 12.6 Å². The predicted molar refractivity (Wildman–Crippen MR) is 156 cm³/mol. The Balaban J connectivity index is 1.27. The van der Waals surface area contributed by atoms with E-state index in [1.165, 1.54) is 56.9 Å². The van der Waals surface area contributed by atoms with Crippen molar-refractivity contribution in [3.05, 3.63) is 41.5 Å². The Bertz CT molecular complexity index is 1120. The van der Waals surface area contributed by atoms with Crippen LogP contribution in [0.1, 0.15) is 111 Å². The lowest BCUT2D eigenvalue weighted by atomic mass is 9.47. The largest absolute Gasteiger partial charge is 0.297 e. The number of aryl methyl sites for hydroxylation is 1. The van der Waals surface area contributed by atoms with Gasteiger partial charge in [0.25, 0.3) is 10.1 Å². The summed E-state index contributed by atoms with van der Waals surface area (Å²) < 4.78 is 31.8. The van der Waals surface area contributed by atoms with E-state index in [1.54, 1.807) is 12.1 Å². The van der Waals surface area contributed by atoms with Gasteiger partial charge in [0.1, 0.15) is 0 Å². The van der Waals surface area contributed by atoms with E-state index in [0.29, 0.717) is 5.41 Å². The quantitative estimate of drug-likeness (QED) is 0.244. The monoisotopic (exact) mass is 540 g/mol. The van der Waals surface area contributed by atoms with E-state index in [0.717, 1.165) is 60.3 Å². The van der Waals surface area contributed by atoms with Crippen LogP contribution in [0.5, 0.6) is 0 Å². The highest BCUT2D eigenvalue weighted by Gasteiger charge is 2.59. The van der Waals surface area contributed by atoms with Crippen molar-refractivity contribution in [3.63, 3.8) is 0 Å². The van der Waals surface area contributed by atoms with E-state index in [4.69, 9.17) is 4.18 Å². The molecule has 0 N–H and O–H groups in total. The zero-order valence-electron chi connectivity index (χ0n) is 24.8. The van der Waals surface area contributed by atoms with Gasteiger partial charge >= 0.3 is 0 Å². The average Bonchev–Trinajstić information content (AvgIpc) is 3.21. The Morgan fingerprint density at radius 2 is 1.68 bits per heavy atom. The summed E-state index contributed by atoms with van der Waals surface area (Å²) >= 11 is 0. The van der Waals surface area contributed by atoms with Gasteiger partial charge in [-0.1, -0.05) is 83.2 Å². The average molecular weight is 541 g/mol. The summed E-state index contributed by atoms with van der Waals surface area (Å²) in [5.41, 5.74) is 3.24. The second kappa shape index (κ2) is 10.7. The third-order valence-corrected chi connectivity index (χ3v) is 13.2. The van der Waals surface area contributed by atoms with Crippen molar-refractivity contribution in [1.82, 2.24) is 0 Å². The maximum atomic E-state index is 13.0. The maximum absolute atomic E-state index is 13.0. The molecular weight excluding hydrogens is 488 g/mol. The molecule has 0 saturated heterocycles. The fourth-order valence-electron chi connectivity index (χ4n) is 9.67. The Morgan fingerprint density at radius 1 is 0.947 bits per heavy atom. The van der Waals surface area contributed by atoms with Gasteiger partial charge in [-0.2, -0.15) is 8.42 Å². The highest BCUT2D eigenvalue weighted by atomic mass is 32.2. The van der Waals surface area contributed by atoms with Crippen LogP contribution in [0.4, 0.5) is 0 Å². The van der Waals surface area contributed by atoms with Crippen LogP contribution in [-0.2, 0) is 14.3 Å². The van der Waals surface area contributed by atoms with E-state index in [-0.39, 0.29) is 16.4 Å². The van der Waals surface area contributed by atoms with Gasteiger partial charge in [-0.25, -0.2) is 0 Å². The van der Waals surface area contributed by atoms with E-state index >= 15 is 0 Å². The van der Waals surface area contributed by atoms with Crippen LogP contribution in [0.15, 0.2) is 40.8 Å².